The van der Waals surface area contributed by atoms with E-state index in [1.54, 1.807) is 13.1 Å². The number of sulfone groups is 1. The van der Waals surface area contributed by atoms with E-state index in [1.807, 2.05) is 30.0 Å². The maximum atomic E-state index is 11.7. The molecule has 100 valence electrons. The van der Waals surface area contributed by atoms with Crippen molar-refractivity contribution in [3.8, 4) is 0 Å². The van der Waals surface area contributed by atoms with Gasteiger partial charge in [0.1, 0.15) is 5.82 Å². The van der Waals surface area contributed by atoms with Crippen LogP contribution in [0.1, 0.15) is 6.92 Å². The van der Waals surface area contributed by atoms with Gasteiger partial charge in [0.15, 0.2) is 9.84 Å². The molecular formula is C11H18N4O2S. The number of nitrogens with zero attached hydrogens (tertiary/aromatic N) is 4. The summed E-state index contributed by atoms with van der Waals surface area (Å²) in [4.78, 5) is 12.5. The summed E-state index contributed by atoms with van der Waals surface area (Å²) in [6.07, 6.45) is 1.70. The molecule has 1 aromatic rings. The summed E-state index contributed by atoms with van der Waals surface area (Å²) in [5.74, 6) is 1.59. The number of anilines is 2. The lowest BCUT2D eigenvalue weighted by atomic mass is 10.4. The Labute approximate surface area is 108 Å². The van der Waals surface area contributed by atoms with Gasteiger partial charge in [0.25, 0.3) is 0 Å². The van der Waals surface area contributed by atoms with Crippen molar-refractivity contribution in [1.29, 1.82) is 0 Å². The molecule has 6 nitrogen and oxygen atoms in total. The van der Waals surface area contributed by atoms with E-state index in [1.165, 1.54) is 0 Å². The first-order valence-corrected chi connectivity index (χ1v) is 7.58. The zero-order chi connectivity index (χ0) is 13.3. The molecule has 2 rings (SSSR count). The van der Waals surface area contributed by atoms with E-state index in [2.05, 4.69) is 9.97 Å². The predicted molar refractivity (Wildman–Crippen MR) is 71.8 cm³/mol. The van der Waals surface area contributed by atoms with Crippen LogP contribution in [-0.4, -0.2) is 56.6 Å². The van der Waals surface area contributed by atoms with Gasteiger partial charge in [-0.2, -0.15) is 4.98 Å². The topological polar surface area (TPSA) is 66.4 Å². The van der Waals surface area contributed by atoms with Gasteiger partial charge in [-0.05, 0) is 13.0 Å². The number of hydrogen-bond acceptors (Lipinski definition) is 6. The van der Waals surface area contributed by atoms with Crippen LogP contribution in [0.3, 0.4) is 0 Å². The minimum Gasteiger partial charge on any atom is -0.363 e. The van der Waals surface area contributed by atoms with Crippen molar-refractivity contribution in [2.24, 2.45) is 0 Å². The summed E-state index contributed by atoms with van der Waals surface area (Å²) in [5, 5.41) is -0.363. The van der Waals surface area contributed by atoms with Gasteiger partial charge in [0, 0.05) is 33.4 Å². The van der Waals surface area contributed by atoms with Gasteiger partial charge in [-0.3, -0.25) is 0 Å². The smallest absolute Gasteiger partial charge is 0.227 e. The Balaban J connectivity index is 2.21. The van der Waals surface area contributed by atoms with Crippen LogP contribution < -0.4 is 9.80 Å². The Morgan fingerprint density at radius 2 is 2.17 bits per heavy atom. The highest BCUT2D eigenvalue weighted by atomic mass is 32.2. The number of rotatable bonds is 2. The molecule has 18 heavy (non-hydrogen) atoms. The average molecular weight is 270 g/mol. The molecule has 0 radical (unpaired) electrons. The van der Waals surface area contributed by atoms with Crippen molar-refractivity contribution in [3.05, 3.63) is 12.3 Å². The lowest BCUT2D eigenvalue weighted by Crippen LogP contribution is -2.46. The maximum absolute atomic E-state index is 11.7. The summed E-state index contributed by atoms with van der Waals surface area (Å²) >= 11 is 0. The summed E-state index contributed by atoms with van der Waals surface area (Å²) in [6, 6.07) is 1.83. The quantitative estimate of drug-likeness (QED) is 0.763. The standard InChI is InChI=1S/C11H18N4O2S/c1-9-8-15(6-7-18(9,16)17)11-12-5-4-10(13-11)14(2)3/h4-5,9H,6-8H2,1-3H3. The van der Waals surface area contributed by atoms with Crippen LogP contribution in [-0.2, 0) is 9.84 Å². The van der Waals surface area contributed by atoms with E-state index in [0.29, 0.717) is 19.0 Å². The summed E-state index contributed by atoms with van der Waals surface area (Å²) in [5.41, 5.74) is 0. The Hall–Kier alpha value is -1.37. The zero-order valence-electron chi connectivity index (χ0n) is 10.9. The zero-order valence-corrected chi connectivity index (χ0v) is 11.7. The Morgan fingerprint density at radius 3 is 2.78 bits per heavy atom. The van der Waals surface area contributed by atoms with Gasteiger partial charge in [0.05, 0.1) is 11.0 Å². The molecule has 0 aliphatic carbocycles. The molecule has 2 heterocycles. The lowest BCUT2D eigenvalue weighted by Gasteiger charge is -2.31. The third kappa shape index (κ3) is 2.55. The molecule has 1 atom stereocenters. The minimum absolute atomic E-state index is 0.170. The molecular weight excluding hydrogens is 252 g/mol. The second kappa shape index (κ2) is 4.72. The normalized spacial score (nSPS) is 22.8. The molecule has 0 saturated carbocycles. The van der Waals surface area contributed by atoms with E-state index in [4.69, 9.17) is 0 Å². The molecule has 1 saturated heterocycles. The predicted octanol–water partition coefficient (Wildman–Crippen LogP) is 0.166. The van der Waals surface area contributed by atoms with Gasteiger partial charge in [0.2, 0.25) is 5.95 Å². The van der Waals surface area contributed by atoms with Crippen LogP contribution in [0.25, 0.3) is 0 Å². The molecule has 0 bridgehead atoms. The fourth-order valence-electron chi connectivity index (χ4n) is 1.88. The minimum atomic E-state index is -2.94. The maximum Gasteiger partial charge on any atom is 0.227 e. The van der Waals surface area contributed by atoms with E-state index in [0.717, 1.165) is 5.82 Å². The van der Waals surface area contributed by atoms with Crippen LogP contribution in [0.2, 0.25) is 0 Å². The van der Waals surface area contributed by atoms with Crippen molar-refractivity contribution in [1.82, 2.24) is 9.97 Å². The Morgan fingerprint density at radius 1 is 1.44 bits per heavy atom. The first-order chi connectivity index (χ1) is 8.40. The highest BCUT2D eigenvalue weighted by molar-refractivity contribution is 7.92. The van der Waals surface area contributed by atoms with Gasteiger partial charge in [-0.25, -0.2) is 13.4 Å². The molecule has 1 fully saturated rings. The average Bonchev–Trinajstić information content (AvgIpc) is 2.33. The fourth-order valence-corrected chi connectivity index (χ4v) is 3.16. The SMILES string of the molecule is CC1CN(c2nccc(N(C)C)n2)CCS1(=O)=O. The highest BCUT2D eigenvalue weighted by Gasteiger charge is 2.30. The molecule has 0 spiro atoms. The van der Waals surface area contributed by atoms with E-state index < -0.39 is 9.84 Å². The van der Waals surface area contributed by atoms with Crippen LogP contribution in [0.15, 0.2) is 12.3 Å². The molecule has 0 aromatic carbocycles. The summed E-state index contributed by atoms with van der Waals surface area (Å²) in [7, 11) is 0.888. The van der Waals surface area contributed by atoms with Crippen molar-refractivity contribution in [2.45, 2.75) is 12.2 Å². The van der Waals surface area contributed by atoms with Gasteiger partial charge < -0.3 is 9.80 Å². The van der Waals surface area contributed by atoms with Crippen molar-refractivity contribution in [2.75, 3.05) is 42.7 Å². The number of hydrogen-bond donors (Lipinski definition) is 0. The third-order valence-electron chi connectivity index (χ3n) is 3.11. The molecule has 7 heteroatoms. The molecule has 1 aromatic heterocycles. The molecule has 1 aliphatic rings. The van der Waals surface area contributed by atoms with Crippen molar-refractivity contribution >= 4 is 21.6 Å². The molecule has 0 amide bonds. The van der Waals surface area contributed by atoms with E-state index >= 15 is 0 Å². The monoisotopic (exact) mass is 270 g/mol. The van der Waals surface area contributed by atoms with Gasteiger partial charge >= 0.3 is 0 Å². The van der Waals surface area contributed by atoms with Crippen LogP contribution in [0.4, 0.5) is 11.8 Å². The van der Waals surface area contributed by atoms with Crippen molar-refractivity contribution in [3.63, 3.8) is 0 Å². The van der Waals surface area contributed by atoms with Crippen molar-refractivity contribution < 1.29 is 8.42 Å². The highest BCUT2D eigenvalue weighted by Crippen LogP contribution is 2.18. The Kier molecular flexibility index (Phi) is 3.43. The largest absolute Gasteiger partial charge is 0.363 e. The van der Waals surface area contributed by atoms with Crippen LogP contribution >= 0.6 is 0 Å². The van der Waals surface area contributed by atoms with Gasteiger partial charge in [-0.1, -0.05) is 0 Å². The molecule has 1 unspecified atom stereocenters. The summed E-state index contributed by atoms with van der Waals surface area (Å²) < 4.78 is 23.3. The fraction of sp³-hybridized carbons (Fsp3) is 0.636. The lowest BCUT2D eigenvalue weighted by molar-refractivity contribution is 0.567. The van der Waals surface area contributed by atoms with E-state index in [-0.39, 0.29) is 11.0 Å². The van der Waals surface area contributed by atoms with Gasteiger partial charge in [-0.15, -0.1) is 0 Å². The Bertz CT molecular complexity index is 530. The van der Waals surface area contributed by atoms with E-state index in [9.17, 15) is 8.42 Å². The first-order valence-electron chi connectivity index (χ1n) is 5.87. The second-order valence-corrected chi connectivity index (χ2v) is 7.27. The second-order valence-electron chi connectivity index (χ2n) is 4.73. The molecule has 0 N–H and O–H groups in total. The number of aromatic nitrogens is 2. The van der Waals surface area contributed by atoms with Crippen LogP contribution in [0.5, 0.6) is 0 Å². The third-order valence-corrected chi connectivity index (χ3v) is 5.23. The first kappa shape index (κ1) is 13.1. The molecule has 1 aliphatic heterocycles. The summed E-state index contributed by atoms with van der Waals surface area (Å²) in [6.45, 7) is 2.65. The van der Waals surface area contributed by atoms with Crippen LogP contribution in [0, 0.1) is 0 Å².